The molecule has 0 radical (unpaired) electrons. The maximum absolute atomic E-state index is 5.96. The number of hydrogen-bond donors (Lipinski definition) is 1. The highest BCUT2D eigenvalue weighted by molar-refractivity contribution is 7.18. The van der Waals surface area contributed by atoms with Gasteiger partial charge in [0.05, 0.1) is 4.70 Å². The van der Waals surface area contributed by atoms with E-state index in [1.807, 2.05) is 24.3 Å². The van der Waals surface area contributed by atoms with Crippen LogP contribution in [0.4, 0.5) is 5.69 Å². The zero-order valence-electron chi connectivity index (χ0n) is 10.7. The van der Waals surface area contributed by atoms with E-state index in [9.17, 15) is 0 Å². The van der Waals surface area contributed by atoms with Crippen LogP contribution in [-0.4, -0.2) is 0 Å². The molecule has 19 heavy (non-hydrogen) atoms. The third kappa shape index (κ3) is 2.42. The standard InChI is InChI=1S/C16H15NOS/c1-11-5-7-13(8-6-11)18-9-12-10-19-16-14(12)3-2-4-15(16)17/h2-8,10H,9,17H2,1H3. The first-order valence-corrected chi connectivity index (χ1v) is 7.06. The minimum atomic E-state index is 0.576. The Morgan fingerprint density at radius 1 is 1.11 bits per heavy atom. The molecule has 3 heteroatoms. The van der Waals surface area contributed by atoms with E-state index in [2.05, 4.69) is 30.5 Å². The van der Waals surface area contributed by atoms with Crippen LogP contribution in [0.1, 0.15) is 11.1 Å². The van der Waals surface area contributed by atoms with Crippen molar-refractivity contribution in [2.75, 3.05) is 5.73 Å². The summed E-state index contributed by atoms with van der Waals surface area (Å²) < 4.78 is 6.96. The highest BCUT2D eigenvalue weighted by atomic mass is 32.1. The Morgan fingerprint density at radius 3 is 2.68 bits per heavy atom. The van der Waals surface area contributed by atoms with Crippen LogP contribution in [0.2, 0.25) is 0 Å². The van der Waals surface area contributed by atoms with Crippen LogP contribution in [0.5, 0.6) is 5.75 Å². The van der Waals surface area contributed by atoms with Crippen molar-refractivity contribution in [1.82, 2.24) is 0 Å². The summed E-state index contributed by atoms with van der Waals surface area (Å²) in [5.41, 5.74) is 9.23. The highest BCUT2D eigenvalue weighted by Gasteiger charge is 2.06. The van der Waals surface area contributed by atoms with Crippen molar-refractivity contribution < 1.29 is 4.74 Å². The molecular formula is C16H15NOS. The fraction of sp³-hybridized carbons (Fsp3) is 0.125. The Hall–Kier alpha value is -2.00. The molecule has 0 aliphatic carbocycles. The largest absolute Gasteiger partial charge is 0.489 e. The van der Waals surface area contributed by atoms with Gasteiger partial charge in [0.15, 0.2) is 0 Å². The normalized spacial score (nSPS) is 10.8. The van der Waals surface area contributed by atoms with Gasteiger partial charge in [-0.25, -0.2) is 0 Å². The Balaban J connectivity index is 1.82. The molecule has 2 N–H and O–H groups in total. The average Bonchev–Trinajstić information content (AvgIpc) is 2.83. The summed E-state index contributed by atoms with van der Waals surface area (Å²) in [6, 6.07) is 14.1. The van der Waals surface area contributed by atoms with Crippen molar-refractivity contribution in [2.45, 2.75) is 13.5 Å². The number of ether oxygens (including phenoxy) is 1. The van der Waals surface area contributed by atoms with Crippen molar-refractivity contribution in [3.05, 3.63) is 59.0 Å². The molecule has 0 spiro atoms. The fourth-order valence-corrected chi connectivity index (χ4v) is 3.03. The van der Waals surface area contributed by atoms with Gasteiger partial charge >= 0.3 is 0 Å². The van der Waals surface area contributed by atoms with Crippen LogP contribution in [0.15, 0.2) is 47.8 Å². The molecule has 0 saturated heterocycles. The summed E-state index contributed by atoms with van der Waals surface area (Å²) in [5, 5.41) is 3.31. The van der Waals surface area contributed by atoms with E-state index >= 15 is 0 Å². The van der Waals surface area contributed by atoms with Gasteiger partial charge in [-0.1, -0.05) is 29.8 Å². The second-order valence-electron chi connectivity index (χ2n) is 4.59. The van der Waals surface area contributed by atoms with Gasteiger partial charge < -0.3 is 10.5 Å². The van der Waals surface area contributed by atoms with E-state index < -0.39 is 0 Å². The zero-order valence-corrected chi connectivity index (χ0v) is 11.5. The number of hydrogen-bond acceptors (Lipinski definition) is 3. The molecule has 0 aliphatic heterocycles. The summed E-state index contributed by atoms with van der Waals surface area (Å²) in [4.78, 5) is 0. The smallest absolute Gasteiger partial charge is 0.119 e. The number of benzene rings is 2. The molecule has 3 rings (SSSR count). The van der Waals surface area contributed by atoms with Crippen molar-refractivity contribution in [1.29, 1.82) is 0 Å². The maximum Gasteiger partial charge on any atom is 0.119 e. The molecule has 0 aliphatic rings. The molecular weight excluding hydrogens is 254 g/mol. The minimum absolute atomic E-state index is 0.576. The fourth-order valence-electron chi connectivity index (χ4n) is 2.04. The predicted molar refractivity (Wildman–Crippen MR) is 81.7 cm³/mol. The molecule has 0 unspecified atom stereocenters. The van der Waals surface area contributed by atoms with Gasteiger partial charge in [-0.15, -0.1) is 11.3 Å². The number of anilines is 1. The first-order chi connectivity index (χ1) is 9.24. The number of nitrogen functional groups attached to an aromatic ring is 1. The van der Waals surface area contributed by atoms with E-state index in [-0.39, 0.29) is 0 Å². The lowest BCUT2D eigenvalue weighted by molar-refractivity contribution is 0.308. The Labute approximate surface area is 116 Å². The molecule has 0 bridgehead atoms. The van der Waals surface area contributed by atoms with Crippen molar-refractivity contribution in [2.24, 2.45) is 0 Å². The lowest BCUT2D eigenvalue weighted by Crippen LogP contribution is -1.94. The van der Waals surface area contributed by atoms with Crippen LogP contribution in [0.25, 0.3) is 10.1 Å². The second kappa shape index (κ2) is 4.94. The monoisotopic (exact) mass is 269 g/mol. The van der Waals surface area contributed by atoms with Gasteiger partial charge in [-0.3, -0.25) is 0 Å². The van der Waals surface area contributed by atoms with Crippen LogP contribution in [-0.2, 0) is 6.61 Å². The summed E-state index contributed by atoms with van der Waals surface area (Å²) >= 11 is 1.67. The average molecular weight is 269 g/mol. The first kappa shape index (κ1) is 12.1. The predicted octanol–water partition coefficient (Wildman–Crippen LogP) is 4.37. The van der Waals surface area contributed by atoms with Crippen LogP contribution in [0, 0.1) is 6.92 Å². The minimum Gasteiger partial charge on any atom is -0.489 e. The van der Waals surface area contributed by atoms with E-state index in [0.29, 0.717) is 6.61 Å². The van der Waals surface area contributed by atoms with Gasteiger partial charge in [0.25, 0.3) is 0 Å². The first-order valence-electron chi connectivity index (χ1n) is 6.18. The molecule has 3 aromatic rings. The Kier molecular flexibility index (Phi) is 3.13. The molecule has 0 amide bonds. The van der Waals surface area contributed by atoms with Gasteiger partial charge in [0.1, 0.15) is 12.4 Å². The molecule has 1 aromatic heterocycles. The SMILES string of the molecule is Cc1ccc(OCc2csc3c(N)cccc23)cc1. The van der Waals surface area contributed by atoms with Crippen LogP contribution < -0.4 is 10.5 Å². The van der Waals surface area contributed by atoms with Crippen LogP contribution in [0.3, 0.4) is 0 Å². The lowest BCUT2D eigenvalue weighted by Gasteiger charge is -2.06. The summed E-state index contributed by atoms with van der Waals surface area (Å²) in [6.07, 6.45) is 0. The van der Waals surface area contributed by atoms with Crippen molar-refractivity contribution in [3.63, 3.8) is 0 Å². The van der Waals surface area contributed by atoms with Gasteiger partial charge in [0, 0.05) is 16.6 Å². The van der Waals surface area contributed by atoms with E-state index in [4.69, 9.17) is 10.5 Å². The number of rotatable bonds is 3. The quantitative estimate of drug-likeness (QED) is 0.716. The van der Waals surface area contributed by atoms with E-state index in [1.165, 1.54) is 16.5 Å². The van der Waals surface area contributed by atoms with E-state index in [0.717, 1.165) is 16.1 Å². The van der Waals surface area contributed by atoms with Crippen LogP contribution >= 0.6 is 11.3 Å². The number of nitrogens with two attached hydrogens (primary N) is 1. The highest BCUT2D eigenvalue weighted by Crippen LogP contribution is 2.31. The molecule has 1 heterocycles. The van der Waals surface area contributed by atoms with E-state index in [1.54, 1.807) is 11.3 Å². The third-order valence-electron chi connectivity index (χ3n) is 3.13. The van der Waals surface area contributed by atoms with Crippen molar-refractivity contribution >= 4 is 27.1 Å². The topological polar surface area (TPSA) is 35.2 Å². The summed E-state index contributed by atoms with van der Waals surface area (Å²) in [7, 11) is 0. The molecule has 0 fully saturated rings. The maximum atomic E-state index is 5.96. The molecule has 0 saturated carbocycles. The Bertz CT molecular complexity index is 700. The second-order valence-corrected chi connectivity index (χ2v) is 5.47. The van der Waals surface area contributed by atoms with Gasteiger partial charge in [-0.2, -0.15) is 0 Å². The number of fused-ring (bicyclic) bond motifs is 1. The summed E-state index contributed by atoms with van der Waals surface area (Å²) in [6.45, 7) is 2.64. The molecule has 96 valence electrons. The third-order valence-corrected chi connectivity index (χ3v) is 4.22. The summed E-state index contributed by atoms with van der Waals surface area (Å²) in [5.74, 6) is 0.897. The lowest BCUT2D eigenvalue weighted by atomic mass is 10.1. The molecule has 0 atom stereocenters. The van der Waals surface area contributed by atoms with Gasteiger partial charge in [-0.05, 0) is 30.5 Å². The van der Waals surface area contributed by atoms with Crippen molar-refractivity contribution in [3.8, 4) is 5.75 Å². The number of aryl methyl sites for hydroxylation is 1. The molecule has 2 aromatic carbocycles. The van der Waals surface area contributed by atoms with Gasteiger partial charge in [0.2, 0.25) is 0 Å². The Morgan fingerprint density at radius 2 is 1.89 bits per heavy atom. The zero-order chi connectivity index (χ0) is 13.2. The number of thiophene rings is 1. The molecule has 2 nitrogen and oxygen atoms in total.